The Hall–Kier alpha value is -2.32. The average Bonchev–Trinajstić information content (AvgIpc) is 2.48. The molecule has 0 amide bonds. The molecule has 5 heteroatoms. The minimum Gasteiger partial charge on any atom is -0.258 e. The highest BCUT2D eigenvalue weighted by atomic mass is 32.2. The third-order valence-electron chi connectivity index (χ3n) is 2.81. The smallest absolute Gasteiger partial charge is 0.258 e. The normalized spacial score (nSPS) is 9.95. The molecule has 0 atom stereocenters. The molecule has 20 heavy (non-hydrogen) atoms. The van der Waals surface area contributed by atoms with Crippen LogP contribution in [-0.2, 0) is 11.5 Å². The molecule has 0 radical (unpaired) electrons. The monoisotopic (exact) mass is 284 g/mol. The summed E-state index contributed by atoms with van der Waals surface area (Å²) in [5.41, 5.74) is 2.86. The summed E-state index contributed by atoms with van der Waals surface area (Å²) in [5.74, 6) is 1.51. The van der Waals surface area contributed by atoms with Gasteiger partial charge < -0.3 is 0 Å². The summed E-state index contributed by atoms with van der Waals surface area (Å²) in [7, 11) is 0. The van der Waals surface area contributed by atoms with Gasteiger partial charge in [-0.15, -0.1) is 0 Å². The summed E-state index contributed by atoms with van der Waals surface area (Å²) < 4.78 is 0. The van der Waals surface area contributed by atoms with E-state index in [9.17, 15) is 10.1 Å². The molecule has 0 aliphatic carbocycles. The topological polar surface area (TPSA) is 66.9 Å². The summed E-state index contributed by atoms with van der Waals surface area (Å²) in [6, 6.07) is 16.3. The largest absolute Gasteiger partial charge is 0.269 e. The van der Waals surface area contributed by atoms with Crippen LogP contribution in [0.5, 0.6) is 0 Å². The number of hydrogen-bond donors (Lipinski definition) is 0. The van der Waals surface area contributed by atoms with Gasteiger partial charge in [0.25, 0.3) is 5.69 Å². The second-order valence-corrected chi connectivity index (χ2v) is 5.17. The van der Waals surface area contributed by atoms with Crippen LogP contribution in [0.4, 0.5) is 5.69 Å². The van der Waals surface area contributed by atoms with Gasteiger partial charge in [0.2, 0.25) is 0 Å². The number of thioether (sulfide) groups is 1. The molecule has 2 aromatic carbocycles. The van der Waals surface area contributed by atoms with Crippen molar-refractivity contribution in [3.63, 3.8) is 0 Å². The van der Waals surface area contributed by atoms with Crippen molar-refractivity contribution in [2.75, 3.05) is 0 Å². The number of nitro groups is 1. The summed E-state index contributed by atoms with van der Waals surface area (Å²) in [5, 5.41) is 19.5. The van der Waals surface area contributed by atoms with E-state index in [1.807, 2.05) is 24.3 Å². The van der Waals surface area contributed by atoms with Gasteiger partial charge in [-0.25, -0.2) is 0 Å². The van der Waals surface area contributed by atoms with Gasteiger partial charge in [-0.05, 0) is 17.2 Å². The molecule has 100 valence electrons. The van der Waals surface area contributed by atoms with Crippen LogP contribution in [0.3, 0.4) is 0 Å². The van der Waals surface area contributed by atoms with Crippen LogP contribution < -0.4 is 0 Å². The molecule has 4 nitrogen and oxygen atoms in total. The van der Waals surface area contributed by atoms with Gasteiger partial charge >= 0.3 is 0 Å². The molecule has 0 N–H and O–H groups in total. The van der Waals surface area contributed by atoms with E-state index < -0.39 is 4.92 Å². The number of hydrogen-bond acceptors (Lipinski definition) is 4. The lowest BCUT2D eigenvalue weighted by atomic mass is 10.1. The van der Waals surface area contributed by atoms with E-state index in [-0.39, 0.29) is 5.69 Å². The van der Waals surface area contributed by atoms with Crippen molar-refractivity contribution in [3.8, 4) is 6.07 Å². The minimum atomic E-state index is -0.403. The maximum atomic E-state index is 10.6. The Kier molecular flexibility index (Phi) is 4.75. The van der Waals surface area contributed by atoms with E-state index in [0.717, 1.165) is 22.6 Å². The predicted molar refractivity (Wildman–Crippen MR) is 79.3 cm³/mol. The van der Waals surface area contributed by atoms with Crippen molar-refractivity contribution in [2.45, 2.75) is 11.5 Å². The molecule has 0 aromatic heterocycles. The summed E-state index contributed by atoms with van der Waals surface area (Å²) >= 11 is 1.68. The van der Waals surface area contributed by atoms with E-state index >= 15 is 0 Å². The molecule has 0 fully saturated rings. The van der Waals surface area contributed by atoms with Gasteiger partial charge in [0, 0.05) is 23.6 Å². The number of nitro benzene ring substituents is 1. The summed E-state index contributed by atoms with van der Waals surface area (Å²) in [4.78, 5) is 10.1. The number of non-ortho nitro benzene ring substituents is 1. The van der Waals surface area contributed by atoms with Crippen LogP contribution >= 0.6 is 11.8 Å². The third-order valence-corrected chi connectivity index (χ3v) is 3.86. The zero-order valence-corrected chi connectivity index (χ0v) is 11.5. The SMILES string of the molecule is N#Cc1ccccc1CSCc1ccc([N+](=O)[O-])cc1. The van der Waals surface area contributed by atoms with E-state index in [0.29, 0.717) is 5.56 Å². The van der Waals surface area contributed by atoms with Crippen LogP contribution in [0, 0.1) is 21.4 Å². The van der Waals surface area contributed by atoms with Gasteiger partial charge in [-0.3, -0.25) is 10.1 Å². The Balaban J connectivity index is 1.93. The van der Waals surface area contributed by atoms with Gasteiger partial charge in [-0.1, -0.05) is 30.3 Å². The number of nitriles is 1. The highest BCUT2D eigenvalue weighted by Crippen LogP contribution is 2.21. The molecule has 2 aromatic rings. The highest BCUT2D eigenvalue weighted by molar-refractivity contribution is 7.97. The minimum absolute atomic E-state index is 0.105. The summed E-state index contributed by atoms with van der Waals surface area (Å²) in [6.07, 6.45) is 0. The molecule has 0 heterocycles. The maximum absolute atomic E-state index is 10.6. The maximum Gasteiger partial charge on any atom is 0.269 e. The number of nitrogens with zero attached hydrogens (tertiary/aromatic N) is 2. The zero-order valence-electron chi connectivity index (χ0n) is 10.7. The quantitative estimate of drug-likeness (QED) is 0.617. The second-order valence-electron chi connectivity index (χ2n) is 4.19. The van der Waals surface area contributed by atoms with Crippen molar-refractivity contribution in [1.29, 1.82) is 5.26 Å². The molecule has 0 unspecified atom stereocenters. The van der Waals surface area contributed by atoms with Gasteiger partial charge in [0.1, 0.15) is 0 Å². The molecular formula is C15H12N2O2S. The lowest BCUT2D eigenvalue weighted by molar-refractivity contribution is -0.384. The lowest BCUT2D eigenvalue weighted by Gasteiger charge is -2.04. The van der Waals surface area contributed by atoms with Crippen molar-refractivity contribution >= 4 is 17.4 Å². The fourth-order valence-electron chi connectivity index (χ4n) is 1.75. The first-order valence-electron chi connectivity index (χ1n) is 6.00. The van der Waals surface area contributed by atoms with E-state index in [4.69, 9.17) is 5.26 Å². The van der Waals surface area contributed by atoms with Crippen LogP contribution in [-0.4, -0.2) is 4.92 Å². The molecule has 0 aliphatic heterocycles. The van der Waals surface area contributed by atoms with Crippen LogP contribution in [0.25, 0.3) is 0 Å². The van der Waals surface area contributed by atoms with Crippen LogP contribution in [0.2, 0.25) is 0 Å². The highest BCUT2D eigenvalue weighted by Gasteiger charge is 2.05. The average molecular weight is 284 g/mol. The zero-order chi connectivity index (χ0) is 14.4. The van der Waals surface area contributed by atoms with Crippen molar-refractivity contribution < 1.29 is 4.92 Å². The predicted octanol–water partition coefficient (Wildman–Crippen LogP) is 3.90. The Bertz CT molecular complexity index is 648. The van der Waals surface area contributed by atoms with E-state index in [1.165, 1.54) is 12.1 Å². The summed E-state index contributed by atoms with van der Waals surface area (Å²) in [6.45, 7) is 0. The molecular weight excluding hydrogens is 272 g/mol. The number of rotatable bonds is 5. The standard InChI is InChI=1S/C15H12N2O2S/c16-9-13-3-1-2-4-14(13)11-20-10-12-5-7-15(8-6-12)17(18)19/h1-8H,10-11H2. The first-order valence-corrected chi connectivity index (χ1v) is 7.15. The van der Waals surface area contributed by atoms with E-state index in [1.54, 1.807) is 23.9 Å². The number of benzene rings is 2. The lowest BCUT2D eigenvalue weighted by Crippen LogP contribution is -1.90. The Labute approximate surface area is 121 Å². The molecule has 0 saturated heterocycles. The fourth-order valence-corrected chi connectivity index (χ4v) is 2.75. The molecule has 0 spiro atoms. The first-order chi connectivity index (χ1) is 9.70. The van der Waals surface area contributed by atoms with Crippen molar-refractivity contribution in [2.24, 2.45) is 0 Å². The van der Waals surface area contributed by atoms with Crippen molar-refractivity contribution in [1.82, 2.24) is 0 Å². The Morgan fingerprint density at radius 2 is 1.80 bits per heavy atom. The third kappa shape index (κ3) is 3.59. The van der Waals surface area contributed by atoms with Gasteiger partial charge in [0.15, 0.2) is 0 Å². The first kappa shape index (κ1) is 14.1. The molecule has 0 saturated carbocycles. The van der Waals surface area contributed by atoms with Crippen LogP contribution in [0.1, 0.15) is 16.7 Å². The van der Waals surface area contributed by atoms with Crippen LogP contribution in [0.15, 0.2) is 48.5 Å². The second kappa shape index (κ2) is 6.73. The van der Waals surface area contributed by atoms with E-state index in [2.05, 4.69) is 6.07 Å². The molecule has 0 bridgehead atoms. The molecule has 0 aliphatic rings. The Morgan fingerprint density at radius 1 is 1.10 bits per heavy atom. The van der Waals surface area contributed by atoms with Crippen molar-refractivity contribution in [3.05, 3.63) is 75.3 Å². The molecule has 2 rings (SSSR count). The van der Waals surface area contributed by atoms with Gasteiger partial charge in [0.05, 0.1) is 16.6 Å². The fraction of sp³-hybridized carbons (Fsp3) is 0.133. The Morgan fingerprint density at radius 3 is 2.45 bits per heavy atom. The van der Waals surface area contributed by atoms with Gasteiger partial charge in [-0.2, -0.15) is 17.0 Å².